The minimum atomic E-state index is -0.0430. The van der Waals surface area contributed by atoms with Crippen molar-refractivity contribution in [3.8, 4) is 0 Å². The number of aromatic nitrogens is 3. The number of rotatable bonds is 6. The van der Waals surface area contributed by atoms with Crippen molar-refractivity contribution in [3.05, 3.63) is 52.4 Å². The first-order valence-electron chi connectivity index (χ1n) is 11.0. The first-order valence-corrected chi connectivity index (χ1v) is 11.3. The second kappa shape index (κ2) is 9.27. The summed E-state index contributed by atoms with van der Waals surface area (Å²) < 4.78 is 7.27. The predicted octanol–water partition coefficient (Wildman–Crippen LogP) is 5.28. The van der Waals surface area contributed by atoms with Gasteiger partial charge in [-0.1, -0.05) is 23.7 Å². The summed E-state index contributed by atoms with van der Waals surface area (Å²) in [6, 6.07) is 10.7. The van der Waals surface area contributed by atoms with E-state index in [-0.39, 0.29) is 11.9 Å². The fourth-order valence-corrected chi connectivity index (χ4v) is 4.60. The predicted molar refractivity (Wildman–Crippen MR) is 124 cm³/mol. The normalized spacial score (nSPS) is 18.8. The Morgan fingerprint density at radius 1 is 1.16 bits per heavy atom. The number of carbonyl (C=O) groups excluding carboxylic acids is 1. The molecule has 0 unspecified atom stereocenters. The molecule has 2 aromatic heterocycles. The third kappa shape index (κ3) is 4.85. The summed E-state index contributed by atoms with van der Waals surface area (Å²) >= 11 is 6.18. The number of imidazole rings is 1. The Bertz CT molecular complexity index is 1070. The lowest BCUT2D eigenvalue weighted by Gasteiger charge is -2.28. The van der Waals surface area contributed by atoms with Crippen molar-refractivity contribution in [2.75, 3.05) is 11.9 Å². The Labute approximate surface area is 188 Å². The van der Waals surface area contributed by atoms with Gasteiger partial charge in [0.05, 0.1) is 19.1 Å². The van der Waals surface area contributed by atoms with Gasteiger partial charge in [-0.25, -0.2) is 9.97 Å². The topological polar surface area (TPSA) is 69.0 Å². The van der Waals surface area contributed by atoms with E-state index in [4.69, 9.17) is 16.3 Å². The van der Waals surface area contributed by atoms with Gasteiger partial charge in [0.15, 0.2) is 5.65 Å². The summed E-state index contributed by atoms with van der Waals surface area (Å²) in [7, 11) is 0. The monoisotopic (exact) mass is 440 g/mol. The molecule has 7 heteroatoms. The van der Waals surface area contributed by atoms with Gasteiger partial charge >= 0.3 is 5.97 Å². The largest absolute Gasteiger partial charge is 0.466 e. The molecule has 0 amide bonds. The van der Waals surface area contributed by atoms with Crippen molar-refractivity contribution in [1.29, 1.82) is 0 Å². The van der Waals surface area contributed by atoms with Crippen molar-refractivity contribution in [2.24, 2.45) is 5.92 Å². The summed E-state index contributed by atoms with van der Waals surface area (Å²) in [5.41, 5.74) is 5.04. The van der Waals surface area contributed by atoms with Crippen LogP contribution in [0.25, 0.3) is 11.2 Å². The highest BCUT2D eigenvalue weighted by molar-refractivity contribution is 6.29. The summed E-state index contributed by atoms with van der Waals surface area (Å²) in [5, 5.41) is 4.10. The molecular weight excluding hydrogens is 412 g/mol. The fourth-order valence-electron chi connectivity index (χ4n) is 4.36. The number of pyridine rings is 1. The van der Waals surface area contributed by atoms with Crippen LogP contribution in [0.15, 0.2) is 30.3 Å². The van der Waals surface area contributed by atoms with Gasteiger partial charge < -0.3 is 14.6 Å². The zero-order valence-corrected chi connectivity index (χ0v) is 19.1. The van der Waals surface area contributed by atoms with Gasteiger partial charge in [0, 0.05) is 11.7 Å². The van der Waals surface area contributed by atoms with Gasteiger partial charge in [-0.3, -0.25) is 4.79 Å². The lowest BCUT2D eigenvalue weighted by molar-refractivity contribution is -0.149. The van der Waals surface area contributed by atoms with Crippen LogP contribution in [0.2, 0.25) is 5.15 Å². The van der Waals surface area contributed by atoms with Gasteiger partial charge in [0.1, 0.15) is 16.5 Å². The third-order valence-electron chi connectivity index (χ3n) is 6.07. The molecule has 1 aliphatic rings. The highest BCUT2D eigenvalue weighted by atomic mass is 35.5. The first kappa shape index (κ1) is 21.6. The number of hydrogen-bond acceptors (Lipinski definition) is 5. The zero-order chi connectivity index (χ0) is 22.0. The molecule has 0 bridgehead atoms. The lowest BCUT2D eigenvalue weighted by atomic mass is 9.86. The van der Waals surface area contributed by atoms with E-state index in [1.165, 1.54) is 5.56 Å². The van der Waals surface area contributed by atoms with E-state index in [2.05, 4.69) is 44.1 Å². The van der Waals surface area contributed by atoms with Crippen LogP contribution in [0, 0.1) is 19.8 Å². The second-order valence-corrected chi connectivity index (χ2v) is 8.71. The van der Waals surface area contributed by atoms with Gasteiger partial charge in [-0.15, -0.1) is 0 Å². The maximum absolute atomic E-state index is 11.9. The molecule has 31 heavy (non-hydrogen) atoms. The first-order chi connectivity index (χ1) is 14.9. The molecule has 4 rings (SSSR count). The fraction of sp³-hybridized carbons (Fsp3) is 0.458. The lowest BCUT2D eigenvalue weighted by Crippen LogP contribution is -2.30. The second-order valence-electron chi connectivity index (χ2n) is 8.32. The number of ether oxygens (including phenoxy) is 1. The summed E-state index contributed by atoms with van der Waals surface area (Å²) in [6.07, 6.45) is 3.74. The Kier molecular flexibility index (Phi) is 6.46. The SMILES string of the molecule is CCOC(=O)C1CCC(Nc2ccc(Cn3c(C)nc4c(C)cc(Cl)nc43)cc2)CC1. The van der Waals surface area contributed by atoms with Crippen LogP contribution in [0.4, 0.5) is 5.69 Å². The minimum absolute atomic E-state index is 0.0430. The van der Waals surface area contributed by atoms with E-state index in [0.29, 0.717) is 24.3 Å². The number of halogens is 1. The molecule has 0 spiro atoms. The van der Waals surface area contributed by atoms with Crippen LogP contribution in [0.1, 0.15) is 49.6 Å². The molecule has 0 saturated heterocycles. The van der Waals surface area contributed by atoms with Gasteiger partial charge in [0.25, 0.3) is 0 Å². The smallest absolute Gasteiger partial charge is 0.308 e. The molecule has 1 fully saturated rings. The maximum Gasteiger partial charge on any atom is 0.308 e. The molecule has 2 heterocycles. The average Bonchev–Trinajstić information content (AvgIpc) is 3.06. The quantitative estimate of drug-likeness (QED) is 0.417. The van der Waals surface area contributed by atoms with E-state index < -0.39 is 0 Å². The molecule has 6 nitrogen and oxygen atoms in total. The van der Waals surface area contributed by atoms with Crippen LogP contribution in [-0.2, 0) is 16.1 Å². The van der Waals surface area contributed by atoms with E-state index in [1.807, 2.05) is 26.8 Å². The highest BCUT2D eigenvalue weighted by Crippen LogP contribution is 2.28. The van der Waals surface area contributed by atoms with Crippen molar-refractivity contribution < 1.29 is 9.53 Å². The Balaban J connectivity index is 1.39. The average molecular weight is 441 g/mol. The van der Waals surface area contributed by atoms with Crippen molar-refractivity contribution in [3.63, 3.8) is 0 Å². The van der Waals surface area contributed by atoms with Crippen LogP contribution in [0.3, 0.4) is 0 Å². The summed E-state index contributed by atoms with van der Waals surface area (Å²) in [5.74, 6) is 0.936. The molecule has 1 aromatic carbocycles. The number of hydrogen-bond donors (Lipinski definition) is 1. The van der Waals surface area contributed by atoms with E-state index >= 15 is 0 Å². The van der Waals surface area contributed by atoms with Gasteiger partial charge in [0.2, 0.25) is 0 Å². The number of benzene rings is 1. The summed E-state index contributed by atoms with van der Waals surface area (Å²) in [4.78, 5) is 21.1. The molecule has 0 aliphatic heterocycles. The standard InChI is InChI=1S/C24H29ClN4O2/c1-4-31-24(30)18-7-11-20(12-8-18)27-19-9-5-17(6-10-19)14-29-16(3)26-22-15(2)13-21(25)28-23(22)29/h5-6,9-10,13,18,20,27H,4,7-8,11-12,14H2,1-3H3. The Morgan fingerprint density at radius 3 is 2.55 bits per heavy atom. The number of aryl methyl sites for hydroxylation is 2. The van der Waals surface area contributed by atoms with Crippen LogP contribution < -0.4 is 5.32 Å². The molecular formula is C24H29ClN4O2. The molecule has 1 saturated carbocycles. The molecule has 3 aromatic rings. The van der Waals surface area contributed by atoms with Gasteiger partial charge in [-0.05, 0) is 75.8 Å². The minimum Gasteiger partial charge on any atom is -0.466 e. The van der Waals surface area contributed by atoms with Crippen LogP contribution >= 0.6 is 11.6 Å². The van der Waals surface area contributed by atoms with Crippen molar-refractivity contribution in [2.45, 2.75) is 59.0 Å². The van der Waals surface area contributed by atoms with Gasteiger partial charge in [-0.2, -0.15) is 0 Å². The molecule has 0 radical (unpaired) electrons. The number of esters is 1. The zero-order valence-electron chi connectivity index (χ0n) is 18.3. The third-order valence-corrected chi connectivity index (χ3v) is 6.26. The van der Waals surface area contributed by atoms with Crippen LogP contribution in [-0.4, -0.2) is 33.2 Å². The molecule has 164 valence electrons. The molecule has 1 aliphatic carbocycles. The maximum atomic E-state index is 11.9. The Hall–Kier alpha value is -2.60. The number of carbonyl (C=O) groups is 1. The molecule has 0 atom stereocenters. The van der Waals surface area contributed by atoms with E-state index in [9.17, 15) is 4.79 Å². The van der Waals surface area contributed by atoms with E-state index in [1.54, 1.807) is 0 Å². The number of anilines is 1. The Morgan fingerprint density at radius 2 is 1.87 bits per heavy atom. The van der Waals surface area contributed by atoms with E-state index in [0.717, 1.165) is 53.9 Å². The van der Waals surface area contributed by atoms with Crippen LogP contribution in [0.5, 0.6) is 0 Å². The molecule has 1 N–H and O–H groups in total. The highest BCUT2D eigenvalue weighted by Gasteiger charge is 2.27. The van der Waals surface area contributed by atoms with Crippen molar-refractivity contribution >= 4 is 34.4 Å². The number of fused-ring (bicyclic) bond motifs is 1. The van der Waals surface area contributed by atoms with Crippen molar-refractivity contribution in [1.82, 2.24) is 14.5 Å². The number of nitrogens with zero attached hydrogens (tertiary/aromatic N) is 3. The number of nitrogens with one attached hydrogen (secondary N) is 1. The summed E-state index contributed by atoms with van der Waals surface area (Å²) in [6.45, 7) is 7.02.